The predicted octanol–water partition coefficient (Wildman–Crippen LogP) is 1.70. The lowest BCUT2D eigenvalue weighted by atomic mass is 9.57. The molecule has 0 radical (unpaired) electrons. The summed E-state index contributed by atoms with van der Waals surface area (Å²) in [5, 5.41) is 45.7. The van der Waals surface area contributed by atoms with Gasteiger partial charge in [0, 0.05) is 37.7 Å². The minimum Gasteiger partial charge on any atom is -0.508 e. The van der Waals surface area contributed by atoms with Crippen LogP contribution in [0.1, 0.15) is 55.7 Å². The van der Waals surface area contributed by atoms with E-state index in [2.05, 4.69) is 0 Å². The van der Waals surface area contributed by atoms with Gasteiger partial charge in [0.15, 0.2) is 11.4 Å². The summed E-state index contributed by atoms with van der Waals surface area (Å²) in [7, 11) is 6.68. The lowest BCUT2D eigenvalue weighted by molar-refractivity contribution is -0.153. The number of rotatable bonds is 10. The number of Topliss-reactive ketones (excluding diaryl/α,β-unsaturated/α-hetero) is 2. The predicted molar refractivity (Wildman–Crippen MR) is 157 cm³/mol. The van der Waals surface area contributed by atoms with Gasteiger partial charge >= 0.3 is 5.97 Å². The van der Waals surface area contributed by atoms with Crippen LogP contribution in [0, 0.1) is 11.8 Å². The Morgan fingerprint density at radius 2 is 1.79 bits per heavy atom. The number of primary amides is 1. The first-order valence-corrected chi connectivity index (χ1v) is 14.5. The van der Waals surface area contributed by atoms with E-state index in [4.69, 9.17) is 10.5 Å². The molecule has 12 nitrogen and oxygen atoms in total. The summed E-state index contributed by atoms with van der Waals surface area (Å²) in [5.41, 5.74) is 3.15. The number of likely N-dealkylation sites (N-methyl/N-ethyl adjacent to an activating group) is 1. The van der Waals surface area contributed by atoms with E-state index >= 15 is 0 Å². The van der Waals surface area contributed by atoms with Gasteiger partial charge in [-0.1, -0.05) is 19.8 Å². The van der Waals surface area contributed by atoms with Crippen molar-refractivity contribution in [1.82, 2.24) is 4.90 Å². The average molecular weight is 600 g/mol. The number of esters is 1. The fraction of sp³-hybridized carbons (Fsp3) is 0.548. The lowest BCUT2D eigenvalue weighted by Gasteiger charge is -2.50. The maximum atomic E-state index is 14.1. The van der Waals surface area contributed by atoms with E-state index < -0.39 is 64.0 Å². The van der Waals surface area contributed by atoms with Gasteiger partial charge in [-0.2, -0.15) is 0 Å². The molecule has 1 fully saturated rings. The first-order chi connectivity index (χ1) is 20.2. The van der Waals surface area contributed by atoms with E-state index in [0.29, 0.717) is 23.4 Å². The highest BCUT2D eigenvalue weighted by atomic mass is 16.5. The number of fused-ring (bicyclic) bond motifs is 3. The summed E-state index contributed by atoms with van der Waals surface area (Å²) < 4.78 is 5.28. The number of amides is 1. The number of hydrogen-bond acceptors (Lipinski definition) is 11. The van der Waals surface area contributed by atoms with Gasteiger partial charge < -0.3 is 35.8 Å². The van der Waals surface area contributed by atoms with Crippen molar-refractivity contribution in [2.24, 2.45) is 17.6 Å². The van der Waals surface area contributed by atoms with Crippen LogP contribution in [-0.4, -0.2) is 95.2 Å². The number of ketones is 2. The van der Waals surface area contributed by atoms with Gasteiger partial charge in [0.2, 0.25) is 5.78 Å². The molecule has 0 unspecified atom stereocenters. The summed E-state index contributed by atoms with van der Waals surface area (Å²) in [4.78, 5) is 55.1. The molecule has 4 rings (SSSR count). The van der Waals surface area contributed by atoms with Crippen molar-refractivity contribution >= 4 is 34.9 Å². The normalized spacial score (nSPS) is 25.0. The van der Waals surface area contributed by atoms with Gasteiger partial charge in [-0.3, -0.25) is 24.1 Å². The topological polar surface area (TPSA) is 191 Å². The Morgan fingerprint density at radius 3 is 2.37 bits per heavy atom. The summed E-state index contributed by atoms with van der Waals surface area (Å²) in [6.45, 7) is 2.36. The molecule has 0 heterocycles. The first-order valence-electron chi connectivity index (χ1n) is 14.5. The van der Waals surface area contributed by atoms with Gasteiger partial charge in [-0.05, 0) is 62.9 Å². The van der Waals surface area contributed by atoms with Crippen LogP contribution < -0.4 is 10.6 Å². The van der Waals surface area contributed by atoms with Crippen LogP contribution >= 0.6 is 0 Å². The highest BCUT2D eigenvalue weighted by Gasteiger charge is 2.64. The smallest absolute Gasteiger partial charge is 0.306 e. The van der Waals surface area contributed by atoms with Crippen molar-refractivity contribution in [2.45, 2.75) is 63.5 Å². The zero-order valence-electron chi connectivity index (χ0n) is 25.3. The van der Waals surface area contributed by atoms with Crippen LogP contribution in [0.15, 0.2) is 23.0 Å². The van der Waals surface area contributed by atoms with Crippen LogP contribution in [-0.2, 0) is 36.8 Å². The van der Waals surface area contributed by atoms with E-state index in [-0.39, 0.29) is 42.6 Å². The summed E-state index contributed by atoms with van der Waals surface area (Å²) in [5.74, 6) is -7.42. The quantitative estimate of drug-likeness (QED) is 0.149. The molecule has 0 spiro atoms. The molecule has 12 heteroatoms. The second-order valence-corrected chi connectivity index (χ2v) is 12.0. The minimum atomic E-state index is -2.70. The number of aryl methyl sites for hydroxylation is 1. The fourth-order valence-electron chi connectivity index (χ4n) is 6.78. The van der Waals surface area contributed by atoms with E-state index in [0.717, 1.165) is 19.3 Å². The number of unbranched alkanes of at least 4 members (excludes halogenated alkanes) is 2. The monoisotopic (exact) mass is 599 g/mol. The van der Waals surface area contributed by atoms with Gasteiger partial charge in [-0.15, -0.1) is 0 Å². The molecule has 0 bridgehead atoms. The lowest BCUT2D eigenvalue weighted by Crippen LogP contribution is -2.65. The first kappa shape index (κ1) is 32.0. The number of anilines is 1. The standard InChI is InChI=1S/C31H41N3O9/c1-6-7-8-11-43-20(35)10-9-15-14-19(33(2)3)17-12-16-13-18-24(34(4)5)27(38)23(30(32)41)29(40)31(18,42)28(39)21(16)26(37)22(17)25(15)36/h14,16,18,24,36-37,40,42H,6-13H2,1-5H3,(H2,32,41)/t16-,18-,24-,31-/m1/s1. The molecule has 3 aliphatic carbocycles. The number of phenols is 1. The van der Waals surface area contributed by atoms with Crippen LogP contribution in [0.5, 0.6) is 5.75 Å². The molecule has 1 aromatic carbocycles. The highest BCUT2D eigenvalue weighted by molar-refractivity contribution is 6.24. The summed E-state index contributed by atoms with van der Waals surface area (Å²) in [6, 6.07) is 0.585. The third kappa shape index (κ3) is 5.27. The molecule has 0 aromatic heterocycles. The molecule has 234 valence electrons. The zero-order chi connectivity index (χ0) is 32.0. The number of aliphatic hydroxyl groups excluding tert-OH is 2. The van der Waals surface area contributed by atoms with Gasteiger partial charge in [0.05, 0.1) is 18.2 Å². The molecule has 4 atom stereocenters. The third-order valence-corrected chi connectivity index (χ3v) is 8.87. The highest BCUT2D eigenvalue weighted by Crippen LogP contribution is 2.54. The Hall–Kier alpha value is -3.90. The Balaban J connectivity index is 1.81. The van der Waals surface area contributed by atoms with Crippen molar-refractivity contribution in [2.75, 3.05) is 39.7 Å². The number of aromatic hydroxyl groups is 1. The van der Waals surface area contributed by atoms with Crippen LogP contribution in [0.3, 0.4) is 0 Å². The summed E-state index contributed by atoms with van der Waals surface area (Å²) >= 11 is 0. The average Bonchev–Trinajstić information content (AvgIpc) is 2.92. The van der Waals surface area contributed by atoms with Crippen molar-refractivity contribution in [1.29, 1.82) is 0 Å². The van der Waals surface area contributed by atoms with Crippen molar-refractivity contribution in [3.05, 3.63) is 39.7 Å². The maximum Gasteiger partial charge on any atom is 0.306 e. The number of phenolic OH excluding ortho intramolecular Hbond substituents is 1. The SMILES string of the molecule is CCCCCOC(=O)CCc1cc(N(C)C)c2c(c1O)C(O)=C1C(=O)[C@@]3(O)C(O)=C(C(N)=O)C(=O)[C@H](N(C)C)[C@H]3C[C@H]1C2. The molecule has 43 heavy (non-hydrogen) atoms. The number of ether oxygens (including phenoxy) is 1. The number of nitrogens with two attached hydrogens (primary N) is 1. The van der Waals surface area contributed by atoms with E-state index in [1.54, 1.807) is 39.2 Å². The van der Waals surface area contributed by atoms with Gasteiger partial charge in [-0.25, -0.2) is 0 Å². The molecule has 0 saturated heterocycles. The van der Waals surface area contributed by atoms with Crippen LogP contribution in [0.4, 0.5) is 5.69 Å². The molecule has 1 amide bonds. The number of carbonyl (C=O) groups is 4. The van der Waals surface area contributed by atoms with Crippen LogP contribution in [0.25, 0.3) is 5.76 Å². The molecule has 3 aliphatic rings. The van der Waals surface area contributed by atoms with Crippen molar-refractivity contribution in [3.8, 4) is 5.75 Å². The molecule has 6 N–H and O–H groups in total. The Kier molecular flexibility index (Phi) is 8.94. The molecule has 0 aliphatic heterocycles. The second-order valence-electron chi connectivity index (χ2n) is 12.0. The van der Waals surface area contributed by atoms with E-state index in [9.17, 15) is 39.6 Å². The van der Waals surface area contributed by atoms with Crippen molar-refractivity contribution < 1.29 is 44.3 Å². The minimum absolute atomic E-state index is 0.00498. The van der Waals surface area contributed by atoms with E-state index in [1.807, 2.05) is 6.92 Å². The van der Waals surface area contributed by atoms with Gasteiger partial charge in [0.1, 0.15) is 22.8 Å². The number of carbonyl (C=O) groups excluding carboxylic acids is 4. The van der Waals surface area contributed by atoms with Crippen LogP contribution in [0.2, 0.25) is 0 Å². The molecule has 1 saturated carbocycles. The number of benzene rings is 1. The summed E-state index contributed by atoms with van der Waals surface area (Å²) in [6.07, 6.45) is 2.97. The number of aliphatic hydroxyl groups is 3. The number of hydrogen-bond donors (Lipinski definition) is 5. The third-order valence-electron chi connectivity index (χ3n) is 8.87. The number of nitrogens with zero attached hydrogens (tertiary/aromatic N) is 2. The molecular formula is C31H41N3O9. The Morgan fingerprint density at radius 1 is 1.12 bits per heavy atom. The van der Waals surface area contributed by atoms with Gasteiger partial charge in [0.25, 0.3) is 5.91 Å². The van der Waals surface area contributed by atoms with E-state index in [1.165, 1.54) is 4.90 Å². The Labute approximate surface area is 250 Å². The second kappa shape index (κ2) is 12.0. The maximum absolute atomic E-state index is 14.1. The largest absolute Gasteiger partial charge is 0.508 e. The van der Waals surface area contributed by atoms with Crippen molar-refractivity contribution in [3.63, 3.8) is 0 Å². The zero-order valence-corrected chi connectivity index (χ0v) is 25.3. The fourth-order valence-corrected chi connectivity index (χ4v) is 6.78. The molecular weight excluding hydrogens is 558 g/mol. The molecule has 1 aromatic rings. The Bertz CT molecular complexity index is 1430.